The van der Waals surface area contributed by atoms with Crippen LogP contribution < -0.4 is 0 Å². The molecule has 0 aliphatic carbocycles. The van der Waals surface area contributed by atoms with Gasteiger partial charge >= 0.3 is 0 Å². The molecule has 0 heterocycles. The molecule has 1 aromatic carbocycles. The molecule has 0 amide bonds. The Labute approximate surface area is 152 Å². The molecule has 0 atom stereocenters. The van der Waals surface area contributed by atoms with Gasteiger partial charge in [0.1, 0.15) is 0 Å². The summed E-state index contributed by atoms with van der Waals surface area (Å²) in [5.41, 5.74) is 1.32. The summed E-state index contributed by atoms with van der Waals surface area (Å²) in [6, 6.07) is 10.3. The van der Waals surface area contributed by atoms with Crippen molar-refractivity contribution in [2.24, 2.45) is 0 Å². The molecule has 0 aliphatic rings. The van der Waals surface area contributed by atoms with Gasteiger partial charge in [-0.1, -0.05) is 92.8 Å². The van der Waals surface area contributed by atoms with Crippen LogP contribution >= 0.6 is 0 Å². The van der Waals surface area contributed by atoms with Crippen molar-refractivity contribution in [2.75, 3.05) is 0 Å². The van der Waals surface area contributed by atoms with Gasteiger partial charge in [-0.2, -0.15) is 6.42 Å². The van der Waals surface area contributed by atoms with Crippen molar-refractivity contribution in [3.05, 3.63) is 50.2 Å². The van der Waals surface area contributed by atoms with Crippen LogP contribution in [-0.2, 0) is 32.7 Å². The molecule has 0 nitrogen and oxygen atoms in total. The fourth-order valence-electron chi connectivity index (χ4n) is 0.534. The second-order valence-electron chi connectivity index (χ2n) is 2.15. The molecule has 0 fully saturated rings. The summed E-state index contributed by atoms with van der Waals surface area (Å²) in [5.74, 6) is 0. The standard InChI is InChI=1S/C7H8.C3H7.2C2H6.3CH4.CH3.Y/c1-7-5-3-2-4-6-7;1-3-2;2*1-2;;;;;/h2-6H,1H3;1,3H2,2H3;2*1-2H3;3*1H4;1H3;/q;-1;;;;;;-1;. The van der Waals surface area contributed by atoms with Crippen LogP contribution in [0.2, 0.25) is 0 Å². The molecule has 0 aromatic heterocycles. The third-order valence-corrected chi connectivity index (χ3v) is 0.940. The van der Waals surface area contributed by atoms with Gasteiger partial charge in [-0.15, -0.1) is 0 Å². The van der Waals surface area contributed by atoms with Gasteiger partial charge in [0.25, 0.3) is 0 Å². The van der Waals surface area contributed by atoms with E-state index in [0.717, 1.165) is 6.42 Å². The average Bonchev–Trinajstić information content (AvgIpc) is 2.26. The van der Waals surface area contributed by atoms with Gasteiger partial charge in [0.15, 0.2) is 0 Å². The Hall–Kier alpha value is 0.324. The minimum absolute atomic E-state index is 0. The van der Waals surface area contributed by atoms with Crippen molar-refractivity contribution in [1.82, 2.24) is 0 Å². The first-order valence-corrected chi connectivity index (χ1v) is 5.62. The Morgan fingerprint density at radius 3 is 1.16 bits per heavy atom. The van der Waals surface area contributed by atoms with E-state index >= 15 is 0 Å². The monoisotopic (exact) mass is 347 g/mol. The van der Waals surface area contributed by atoms with Gasteiger partial charge in [0.2, 0.25) is 0 Å². The fraction of sp³-hybridized carbons (Fsp3) is 0.556. The summed E-state index contributed by atoms with van der Waals surface area (Å²) in [6.07, 6.45) is 1.00. The Bertz CT molecular complexity index is 147. The molecule has 1 heteroatoms. The summed E-state index contributed by atoms with van der Waals surface area (Å²) in [7, 11) is 0. The van der Waals surface area contributed by atoms with Crippen LogP contribution in [0.3, 0.4) is 0 Å². The Kier molecular flexibility index (Phi) is 168. The van der Waals surface area contributed by atoms with E-state index in [-0.39, 0.29) is 62.4 Å². The Morgan fingerprint density at radius 1 is 0.842 bits per heavy atom. The molecule has 1 rings (SSSR count). The van der Waals surface area contributed by atoms with E-state index in [4.69, 9.17) is 0 Å². The number of hydrogen-bond acceptors (Lipinski definition) is 0. The minimum Gasteiger partial charge on any atom is -0.358 e. The van der Waals surface area contributed by atoms with Crippen molar-refractivity contribution in [3.63, 3.8) is 0 Å². The first kappa shape index (κ1) is 50.6. The van der Waals surface area contributed by atoms with Crippen LogP contribution in [-0.4, -0.2) is 0 Å². The van der Waals surface area contributed by atoms with E-state index in [1.165, 1.54) is 5.56 Å². The van der Waals surface area contributed by atoms with Gasteiger partial charge < -0.3 is 14.4 Å². The number of benzene rings is 1. The maximum atomic E-state index is 3.49. The molecule has 0 bridgehead atoms. The quantitative estimate of drug-likeness (QED) is 0.423. The van der Waals surface area contributed by atoms with Gasteiger partial charge in [-0.25, -0.2) is 0 Å². The number of hydrogen-bond donors (Lipinski definition) is 0. The van der Waals surface area contributed by atoms with Gasteiger partial charge in [-0.05, 0) is 6.92 Å². The van der Waals surface area contributed by atoms with Crippen molar-refractivity contribution in [1.29, 1.82) is 0 Å². The summed E-state index contributed by atoms with van der Waals surface area (Å²) >= 11 is 0. The van der Waals surface area contributed by atoms with Crippen molar-refractivity contribution in [2.45, 2.75) is 70.2 Å². The predicted octanol–water partition coefficient (Wildman–Crippen LogP) is 7.63. The van der Waals surface area contributed by atoms with Crippen LogP contribution in [0.4, 0.5) is 0 Å². The van der Waals surface area contributed by atoms with Crippen LogP contribution in [0.15, 0.2) is 30.3 Å². The van der Waals surface area contributed by atoms with E-state index in [0.29, 0.717) is 0 Å². The SMILES string of the molecule is C.C.C.CC.CC.Cc1ccccc1.[CH2-]CC.[CH3-].[Y]. The normalized spacial score (nSPS) is 4.79. The Balaban J connectivity index is -0.0000000151. The topological polar surface area (TPSA) is 0 Å². The first-order chi connectivity index (χ1) is 6.81. The van der Waals surface area contributed by atoms with Crippen molar-refractivity contribution >= 4 is 0 Å². The second kappa shape index (κ2) is 63.3. The smallest absolute Gasteiger partial charge is 0 e. The van der Waals surface area contributed by atoms with E-state index in [1.54, 1.807) is 0 Å². The molecular weight excluding hydrogens is 305 g/mol. The maximum Gasteiger partial charge on any atom is 0 e. The van der Waals surface area contributed by atoms with Crippen molar-refractivity contribution < 1.29 is 32.7 Å². The summed E-state index contributed by atoms with van der Waals surface area (Å²) in [5, 5.41) is 0. The Morgan fingerprint density at radius 2 is 1.05 bits per heavy atom. The predicted molar refractivity (Wildman–Crippen MR) is 96.1 cm³/mol. The minimum atomic E-state index is 0. The molecule has 0 unspecified atom stereocenters. The van der Waals surface area contributed by atoms with E-state index < -0.39 is 0 Å². The summed E-state index contributed by atoms with van der Waals surface area (Å²) < 4.78 is 0. The van der Waals surface area contributed by atoms with E-state index in [2.05, 4.69) is 26.0 Å². The first-order valence-electron chi connectivity index (χ1n) is 5.62. The number of aryl methyl sites for hydroxylation is 1. The van der Waals surface area contributed by atoms with Gasteiger partial charge in [0, 0.05) is 32.7 Å². The molecule has 0 spiro atoms. The zero-order chi connectivity index (χ0) is 11.8. The molecule has 119 valence electrons. The molecular formula is C18H42Y-2. The third kappa shape index (κ3) is 70.5. The van der Waals surface area contributed by atoms with Crippen LogP contribution in [0, 0.1) is 21.3 Å². The van der Waals surface area contributed by atoms with Crippen LogP contribution in [0.25, 0.3) is 0 Å². The van der Waals surface area contributed by atoms with E-state index in [1.807, 2.05) is 52.8 Å². The van der Waals surface area contributed by atoms with E-state index in [9.17, 15) is 0 Å². The number of rotatable bonds is 0. The maximum absolute atomic E-state index is 3.49. The fourth-order valence-corrected chi connectivity index (χ4v) is 0.534. The molecule has 0 saturated carbocycles. The molecule has 0 saturated heterocycles. The molecule has 19 heavy (non-hydrogen) atoms. The molecule has 1 radical (unpaired) electrons. The second-order valence-corrected chi connectivity index (χ2v) is 2.15. The third-order valence-electron chi connectivity index (χ3n) is 0.940. The molecule has 0 N–H and O–H groups in total. The zero-order valence-electron chi connectivity index (χ0n) is 12.4. The largest absolute Gasteiger partial charge is 0.358 e. The zero-order valence-corrected chi connectivity index (χ0v) is 15.2. The van der Waals surface area contributed by atoms with Crippen LogP contribution in [0.5, 0.6) is 0 Å². The van der Waals surface area contributed by atoms with Crippen molar-refractivity contribution in [3.8, 4) is 0 Å². The summed E-state index contributed by atoms with van der Waals surface area (Å²) in [6.45, 7) is 15.6. The van der Waals surface area contributed by atoms with Crippen LogP contribution in [0.1, 0.15) is 68.9 Å². The average molecular weight is 347 g/mol. The van der Waals surface area contributed by atoms with Gasteiger partial charge in [0.05, 0.1) is 0 Å². The summed E-state index contributed by atoms with van der Waals surface area (Å²) in [4.78, 5) is 0. The molecule has 1 aromatic rings. The molecule has 0 aliphatic heterocycles. The van der Waals surface area contributed by atoms with Gasteiger partial charge in [-0.3, -0.25) is 0 Å².